The molecular weight excluding hydrogens is 187 g/mol. The quantitative estimate of drug-likeness (QED) is 0.764. The molecule has 0 aliphatic rings. The lowest BCUT2D eigenvalue weighted by Crippen LogP contribution is -2.12. The van der Waals surface area contributed by atoms with Crippen LogP contribution in [0.1, 0.15) is 0 Å². The van der Waals surface area contributed by atoms with E-state index in [9.17, 15) is 9.18 Å². The van der Waals surface area contributed by atoms with E-state index in [0.29, 0.717) is 5.69 Å². The van der Waals surface area contributed by atoms with Crippen molar-refractivity contribution in [2.24, 2.45) is 0 Å². The van der Waals surface area contributed by atoms with E-state index in [1.54, 1.807) is 13.1 Å². The summed E-state index contributed by atoms with van der Waals surface area (Å²) >= 11 is 0. The van der Waals surface area contributed by atoms with Gasteiger partial charge in [0.2, 0.25) is 0 Å². The average Bonchev–Trinajstić information content (AvgIpc) is 2.21. The van der Waals surface area contributed by atoms with Crippen LogP contribution in [0.4, 0.5) is 20.6 Å². The summed E-state index contributed by atoms with van der Waals surface area (Å²) in [4.78, 5) is 10.8. The van der Waals surface area contributed by atoms with Crippen LogP contribution < -0.4 is 10.6 Å². The first-order valence-electron chi connectivity index (χ1n) is 3.99. The first kappa shape index (κ1) is 10.3. The third kappa shape index (κ3) is 2.35. The lowest BCUT2D eigenvalue weighted by molar-refractivity contribution is 0.187. The van der Waals surface area contributed by atoms with Crippen LogP contribution in [0.15, 0.2) is 18.2 Å². The number of carbonyl (C=O) groups is 1. The van der Waals surface area contributed by atoms with Crippen LogP contribution in [-0.2, 0) is 4.74 Å². The van der Waals surface area contributed by atoms with E-state index >= 15 is 0 Å². The second-order valence-electron chi connectivity index (χ2n) is 2.56. The molecule has 0 aromatic heterocycles. The molecule has 0 unspecified atom stereocenters. The molecule has 0 aliphatic heterocycles. The van der Waals surface area contributed by atoms with Gasteiger partial charge in [-0.05, 0) is 18.2 Å². The number of hydrogen-bond donors (Lipinski definition) is 2. The maximum absolute atomic E-state index is 13.1. The lowest BCUT2D eigenvalue weighted by atomic mass is 10.2. The summed E-state index contributed by atoms with van der Waals surface area (Å²) in [7, 11) is 2.92. The van der Waals surface area contributed by atoms with Crippen molar-refractivity contribution in [2.45, 2.75) is 0 Å². The predicted octanol–water partition coefficient (Wildman–Crippen LogP) is 2.05. The first-order chi connectivity index (χ1) is 6.67. The molecule has 0 fully saturated rings. The van der Waals surface area contributed by atoms with Gasteiger partial charge in [-0.1, -0.05) is 0 Å². The molecule has 5 heteroatoms. The zero-order chi connectivity index (χ0) is 10.6. The standard InChI is InChI=1S/C9H11FN2O2/c1-11-6-3-4-7(10)8(5-6)12-9(13)14-2/h3-5,11H,1-2H3,(H,12,13). The number of benzene rings is 1. The Bertz CT molecular complexity index is 342. The lowest BCUT2D eigenvalue weighted by Gasteiger charge is -2.07. The average molecular weight is 198 g/mol. The third-order valence-electron chi connectivity index (χ3n) is 1.68. The molecule has 0 saturated carbocycles. The highest BCUT2D eigenvalue weighted by Gasteiger charge is 2.06. The molecular formula is C9H11FN2O2. The maximum atomic E-state index is 13.1. The van der Waals surface area contributed by atoms with Gasteiger partial charge in [-0.3, -0.25) is 5.32 Å². The van der Waals surface area contributed by atoms with Gasteiger partial charge in [0.15, 0.2) is 0 Å². The Morgan fingerprint density at radius 1 is 1.50 bits per heavy atom. The molecule has 14 heavy (non-hydrogen) atoms. The van der Waals surface area contributed by atoms with Gasteiger partial charge in [0, 0.05) is 12.7 Å². The van der Waals surface area contributed by atoms with Gasteiger partial charge in [0.25, 0.3) is 0 Å². The molecule has 0 heterocycles. The van der Waals surface area contributed by atoms with Crippen LogP contribution in [0.5, 0.6) is 0 Å². The normalized spacial score (nSPS) is 9.36. The Labute approximate surface area is 81.1 Å². The molecule has 4 nitrogen and oxygen atoms in total. The Balaban J connectivity index is 2.89. The predicted molar refractivity (Wildman–Crippen MR) is 52.0 cm³/mol. The van der Waals surface area contributed by atoms with Crippen molar-refractivity contribution >= 4 is 17.5 Å². The molecule has 1 rings (SSSR count). The van der Waals surface area contributed by atoms with Crippen molar-refractivity contribution in [3.05, 3.63) is 24.0 Å². The van der Waals surface area contributed by atoms with Crippen LogP contribution in [-0.4, -0.2) is 20.3 Å². The first-order valence-corrected chi connectivity index (χ1v) is 3.99. The molecule has 1 aromatic rings. The number of amides is 1. The highest BCUT2D eigenvalue weighted by molar-refractivity contribution is 5.85. The summed E-state index contributed by atoms with van der Waals surface area (Å²) in [5, 5.41) is 5.09. The van der Waals surface area contributed by atoms with Crippen LogP contribution in [0, 0.1) is 5.82 Å². The van der Waals surface area contributed by atoms with Gasteiger partial charge < -0.3 is 10.1 Å². The monoisotopic (exact) mass is 198 g/mol. The van der Waals surface area contributed by atoms with Crippen molar-refractivity contribution < 1.29 is 13.9 Å². The van der Waals surface area contributed by atoms with Crippen LogP contribution in [0.3, 0.4) is 0 Å². The number of nitrogens with one attached hydrogen (secondary N) is 2. The third-order valence-corrected chi connectivity index (χ3v) is 1.68. The molecule has 0 spiro atoms. The number of ether oxygens (including phenoxy) is 1. The fourth-order valence-electron chi connectivity index (χ4n) is 0.938. The molecule has 0 atom stereocenters. The summed E-state index contributed by atoms with van der Waals surface area (Å²) in [6, 6.07) is 4.31. The maximum Gasteiger partial charge on any atom is 0.411 e. The molecule has 76 valence electrons. The Morgan fingerprint density at radius 2 is 2.21 bits per heavy atom. The van der Waals surface area contributed by atoms with Crippen LogP contribution in [0.2, 0.25) is 0 Å². The van der Waals surface area contributed by atoms with Gasteiger partial charge in [0.1, 0.15) is 5.82 Å². The van der Waals surface area contributed by atoms with Crippen molar-refractivity contribution in [2.75, 3.05) is 24.8 Å². The summed E-state index contributed by atoms with van der Waals surface area (Å²) in [6.45, 7) is 0. The Morgan fingerprint density at radius 3 is 2.79 bits per heavy atom. The number of carbonyl (C=O) groups excluding carboxylic acids is 1. The Kier molecular flexibility index (Phi) is 3.28. The zero-order valence-electron chi connectivity index (χ0n) is 7.93. The summed E-state index contributed by atoms with van der Waals surface area (Å²) in [5.41, 5.74) is 0.793. The van der Waals surface area contributed by atoms with Gasteiger partial charge in [-0.25, -0.2) is 9.18 Å². The number of methoxy groups -OCH3 is 1. The van der Waals surface area contributed by atoms with Gasteiger partial charge in [-0.2, -0.15) is 0 Å². The molecule has 0 saturated heterocycles. The van der Waals surface area contributed by atoms with E-state index in [2.05, 4.69) is 15.4 Å². The summed E-state index contributed by atoms with van der Waals surface area (Å²) in [6.07, 6.45) is -0.697. The second kappa shape index (κ2) is 4.45. The number of halogens is 1. The number of rotatable bonds is 2. The van der Waals surface area contributed by atoms with Crippen molar-refractivity contribution in [1.29, 1.82) is 0 Å². The van der Waals surface area contributed by atoms with Crippen molar-refractivity contribution in [1.82, 2.24) is 0 Å². The zero-order valence-corrected chi connectivity index (χ0v) is 7.93. The van der Waals surface area contributed by atoms with E-state index in [4.69, 9.17) is 0 Å². The molecule has 0 bridgehead atoms. The highest BCUT2D eigenvalue weighted by Crippen LogP contribution is 2.19. The van der Waals surface area contributed by atoms with Gasteiger partial charge >= 0.3 is 6.09 Å². The number of hydrogen-bond acceptors (Lipinski definition) is 3. The van der Waals surface area contributed by atoms with Crippen LogP contribution in [0.25, 0.3) is 0 Å². The minimum Gasteiger partial charge on any atom is -0.453 e. The van der Waals surface area contributed by atoms with E-state index in [-0.39, 0.29) is 5.69 Å². The molecule has 0 aliphatic carbocycles. The van der Waals surface area contributed by atoms with Crippen molar-refractivity contribution in [3.63, 3.8) is 0 Å². The summed E-state index contributed by atoms with van der Waals surface area (Å²) in [5.74, 6) is -0.505. The Hall–Kier alpha value is -1.78. The van der Waals surface area contributed by atoms with Crippen LogP contribution >= 0.6 is 0 Å². The fraction of sp³-hybridized carbons (Fsp3) is 0.222. The highest BCUT2D eigenvalue weighted by atomic mass is 19.1. The molecule has 1 amide bonds. The van der Waals surface area contributed by atoms with E-state index in [0.717, 1.165) is 0 Å². The van der Waals surface area contributed by atoms with Gasteiger partial charge in [0.05, 0.1) is 12.8 Å². The molecule has 2 N–H and O–H groups in total. The molecule has 0 radical (unpaired) electrons. The second-order valence-corrected chi connectivity index (χ2v) is 2.56. The van der Waals surface area contributed by atoms with E-state index < -0.39 is 11.9 Å². The van der Waals surface area contributed by atoms with E-state index in [1.807, 2.05) is 0 Å². The number of anilines is 2. The minimum absolute atomic E-state index is 0.0868. The van der Waals surface area contributed by atoms with E-state index in [1.165, 1.54) is 19.2 Å². The SMILES string of the molecule is CNc1ccc(F)c(NC(=O)OC)c1. The minimum atomic E-state index is -0.697. The van der Waals surface area contributed by atoms with Crippen molar-refractivity contribution in [3.8, 4) is 0 Å². The van der Waals surface area contributed by atoms with Gasteiger partial charge in [-0.15, -0.1) is 0 Å². The topological polar surface area (TPSA) is 50.4 Å². The largest absolute Gasteiger partial charge is 0.453 e. The molecule has 1 aromatic carbocycles. The smallest absolute Gasteiger partial charge is 0.411 e. The fourth-order valence-corrected chi connectivity index (χ4v) is 0.938. The summed E-state index contributed by atoms with van der Waals surface area (Å²) < 4.78 is 17.5.